The van der Waals surface area contributed by atoms with Crippen LogP contribution in [-0.4, -0.2) is 60.4 Å². The molecular weight excluding hydrogens is 382 g/mol. The molecule has 2 aliphatic rings. The highest BCUT2D eigenvalue weighted by atomic mass is 19.1. The fourth-order valence-electron chi connectivity index (χ4n) is 2.96. The first-order chi connectivity index (χ1) is 14.3. The summed E-state index contributed by atoms with van der Waals surface area (Å²) in [5.74, 6) is -1.75. The Morgan fingerprint density at radius 1 is 1.17 bits per heavy atom. The van der Waals surface area contributed by atoms with Gasteiger partial charge in [-0.25, -0.2) is 13.9 Å². The highest BCUT2D eigenvalue weighted by Crippen LogP contribution is 2.31. The minimum absolute atomic E-state index is 0.0453. The molecule has 0 aromatic carbocycles. The van der Waals surface area contributed by atoms with Crippen molar-refractivity contribution in [2.45, 2.75) is 30.9 Å². The zero-order chi connectivity index (χ0) is 21.5. The van der Waals surface area contributed by atoms with Gasteiger partial charge in [-0.2, -0.15) is 15.5 Å². The minimum Gasteiger partial charge on any atom is -0.294 e. The van der Waals surface area contributed by atoms with E-state index in [1.807, 2.05) is 6.07 Å². The predicted octanol–water partition coefficient (Wildman–Crippen LogP) is 0.852. The third-order valence-electron chi connectivity index (χ3n) is 4.68. The molecule has 3 aromatic heterocycles. The Balaban J connectivity index is 0.000000667. The van der Waals surface area contributed by atoms with Gasteiger partial charge in [0.1, 0.15) is 11.4 Å². The standard InChI is InChI=1S/C15H9B3FN7O.C3H6/c16-15(17,18)26-6-9(4-22-26)11-7-25-12(10(19)5-21-25)13(23-11)24-2-1-8(3-20)14(24)27;1-2-3-1/h4-8H,1-2H2;1-3H2. The van der Waals surface area contributed by atoms with Gasteiger partial charge in [-0.1, -0.05) is 19.3 Å². The van der Waals surface area contributed by atoms with E-state index in [1.54, 1.807) is 0 Å². The maximum absolute atomic E-state index is 14.3. The van der Waals surface area contributed by atoms with Crippen molar-refractivity contribution in [2.24, 2.45) is 5.92 Å². The van der Waals surface area contributed by atoms with Gasteiger partial charge in [-0.15, -0.1) is 0 Å². The van der Waals surface area contributed by atoms with Crippen molar-refractivity contribution >= 4 is 40.8 Å². The van der Waals surface area contributed by atoms with Crippen molar-refractivity contribution in [3.8, 4) is 17.3 Å². The molecule has 6 radical (unpaired) electrons. The first kappa shape index (κ1) is 20.2. The van der Waals surface area contributed by atoms with E-state index in [4.69, 9.17) is 28.8 Å². The molecule has 1 saturated heterocycles. The molecule has 1 aliphatic carbocycles. The summed E-state index contributed by atoms with van der Waals surface area (Å²) < 4.78 is 16.7. The van der Waals surface area contributed by atoms with Crippen molar-refractivity contribution in [1.29, 1.82) is 5.26 Å². The summed E-state index contributed by atoms with van der Waals surface area (Å²) in [6.45, 7) is 0.255. The first-order valence-electron chi connectivity index (χ1n) is 9.46. The Morgan fingerprint density at radius 3 is 2.47 bits per heavy atom. The highest BCUT2D eigenvalue weighted by molar-refractivity contribution is 6.56. The fourth-order valence-corrected chi connectivity index (χ4v) is 2.96. The summed E-state index contributed by atoms with van der Waals surface area (Å²) in [5.41, 5.74) is 0.886. The fraction of sp³-hybridized carbons (Fsp3) is 0.389. The number of halogens is 1. The van der Waals surface area contributed by atoms with E-state index in [9.17, 15) is 9.18 Å². The minimum atomic E-state index is -1.70. The third kappa shape index (κ3) is 3.84. The number of amides is 1. The van der Waals surface area contributed by atoms with E-state index in [0.717, 1.165) is 10.9 Å². The molecule has 2 fully saturated rings. The first-order valence-corrected chi connectivity index (χ1v) is 9.46. The molecule has 8 nitrogen and oxygen atoms in total. The molecule has 3 aromatic rings. The van der Waals surface area contributed by atoms with Crippen LogP contribution in [0, 0.1) is 23.1 Å². The van der Waals surface area contributed by atoms with Gasteiger partial charge in [0, 0.05) is 18.3 Å². The summed E-state index contributed by atoms with van der Waals surface area (Å²) in [6, 6.07) is 1.95. The molecule has 1 unspecified atom stereocenters. The number of hydrogen-bond acceptors (Lipinski definition) is 5. The van der Waals surface area contributed by atoms with Crippen LogP contribution in [0.25, 0.3) is 16.8 Å². The maximum atomic E-state index is 14.3. The van der Waals surface area contributed by atoms with Crippen LogP contribution in [0.3, 0.4) is 0 Å². The lowest BCUT2D eigenvalue weighted by molar-refractivity contribution is -0.119. The Labute approximate surface area is 176 Å². The van der Waals surface area contributed by atoms with Crippen LogP contribution in [0.1, 0.15) is 25.7 Å². The van der Waals surface area contributed by atoms with Crippen molar-refractivity contribution < 1.29 is 9.18 Å². The number of aromatic nitrogens is 5. The van der Waals surface area contributed by atoms with Gasteiger partial charge in [0.05, 0.1) is 53.9 Å². The zero-order valence-electron chi connectivity index (χ0n) is 16.1. The molecule has 1 atom stereocenters. The predicted molar refractivity (Wildman–Crippen MR) is 109 cm³/mol. The molecule has 1 saturated carbocycles. The summed E-state index contributed by atoms with van der Waals surface area (Å²) >= 11 is 0. The van der Waals surface area contributed by atoms with Crippen LogP contribution in [-0.2, 0) is 10.0 Å². The van der Waals surface area contributed by atoms with Crippen molar-refractivity contribution in [1.82, 2.24) is 24.4 Å². The lowest BCUT2D eigenvalue weighted by atomic mass is 9.49. The largest absolute Gasteiger partial charge is 0.294 e. The normalized spacial score (nSPS) is 18.2. The molecule has 0 N–H and O–H groups in total. The Hall–Kier alpha value is -3.09. The zero-order valence-corrected chi connectivity index (χ0v) is 16.1. The van der Waals surface area contributed by atoms with E-state index in [2.05, 4.69) is 15.2 Å². The molecular formula is C18H15B3FN7O. The molecule has 1 amide bonds. The number of carbonyl (C=O) groups excluding carboxylic acids is 1. The van der Waals surface area contributed by atoms with E-state index < -0.39 is 22.9 Å². The van der Waals surface area contributed by atoms with E-state index in [0.29, 0.717) is 17.7 Å². The molecule has 4 heterocycles. The monoisotopic (exact) mass is 397 g/mol. The second-order valence-corrected chi connectivity index (χ2v) is 7.32. The number of carbonyl (C=O) groups is 1. The molecule has 5 rings (SSSR count). The van der Waals surface area contributed by atoms with Crippen LogP contribution in [0.15, 0.2) is 24.8 Å². The Kier molecular flexibility index (Phi) is 5.14. The van der Waals surface area contributed by atoms with Gasteiger partial charge in [0.25, 0.3) is 0 Å². The van der Waals surface area contributed by atoms with Crippen molar-refractivity contribution in [3.05, 3.63) is 30.6 Å². The summed E-state index contributed by atoms with van der Waals surface area (Å²) in [7, 11) is 16.8. The van der Waals surface area contributed by atoms with E-state index in [-0.39, 0.29) is 17.9 Å². The second-order valence-electron chi connectivity index (χ2n) is 7.32. The van der Waals surface area contributed by atoms with E-state index in [1.165, 1.54) is 47.3 Å². The SMILES string of the molecule is C1CC1.[B]C([B])([B])n1cc(-c2cn3ncc(F)c3c(N3CCC(C#N)C3=O)n2)cn1. The topological polar surface area (TPSA) is 92.1 Å². The number of anilines is 1. The van der Waals surface area contributed by atoms with Gasteiger partial charge < -0.3 is 0 Å². The maximum Gasteiger partial charge on any atom is 0.245 e. The average Bonchev–Trinajstić information content (AvgIpc) is 3.28. The van der Waals surface area contributed by atoms with Gasteiger partial charge in [0.2, 0.25) is 5.91 Å². The number of nitriles is 1. The van der Waals surface area contributed by atoms with Crippen LogP contribution < -0.4 is 4.90 Å². The number of rotatable bonds is 3. The summed E-state index contributed by atoms with van der Waals surface area (Å²) in [6.07, 6.45) is 10.3. The molecule has 1 aliphatic heterocycles. The van der Waals surface area contributed by atoms with E-state index >= 15 is 0 Å². The Bertz CT molecular complexity index is 1140. The van der Waals surface area contributed by atoms with Gasteiger partial charge in [-0.05, 0) is 11.7 Å². The van der Waals surface area contributed by atoms with Crippen molar-refractivity contribution in [2.75, 3.05) is 11.4 Å². The molecule has 0 spiro atoms. The number of fused-ring (bicyclic) bond motifs is 1. The van der Waals surface area contributed by atoms with Crippen LogP contribution in [0.4, 0.5) is 10.2 Å². The molecule has 30 heavy (non-hydrogen) atoms. The van der Waals surface area contributed by atoms with Gasteiger partial charge in [0.15, 0.2) is 11.6 Å². The highest BCUT2D eigenvalue weighted by Gasteiger charge is 2.35. The summed E-state index contributed by atoms with van der Waals surface area (Å²) in [4.78, 5) is 18.2. The summed E-state index contributed by atoms with van der Waals surface area (Å²) in [5, 5.41) is 15.3. The Morgan fingerprint density at radius 2 is 1.90 bits per heavy atom. The number of hydrogen-bond donors (Lipinski definition) is 0. The van der Waals surface area contributed by atoms with Crippen molar-refractivity contribution in [3.63, 3.8) is 0 Å². The average molecular weight is 397 g/mol. The van der Waals surface area contributed by atoms with Crippen LogP contribution in [0.2, 0.25) is 0 Å². The molecule has 0 bridgehead atoms. The molecule has 144 valence electrons. The smallest absolute Gasteiger partial charge is 0.245 e. The van der Waals surface area contributed by atoms with Crippen LogP contribution >= 0.6 is 0 Å². The lowest BCUT2D eigenvalue weighted by Crippen LogP contribution is -2.35. The van der Waals surface area contributed by atoms with Gasteiger partial charge in [-0.3, -0.25) is 14.4 Å². The number of nitrogens with zero attached hydrogens (tertiary/aromatic N) is 7. The van der Waals surface area contributed by atoms with Gasteiger partial charge >= 0.3 is 0 Å². The quantitative estimate of drug-likeness (QED) is 0.612. The third-order valence-corrected chi connectivity index (χ3v) is 4.68. The molecule has 12 heteroatoms. The second kappa shape index (κ2) is 7.63. The lowest BCUT2D eigenvalue weighted by Gasteiger charge is -2.20. The van der Waals surface area contributed by atoms with Crippen LogP contribution in [0.5, 0.6) is 0 Å².